The summed E-state index contributed by atoms with van der Waals surface area (Å²) in [6.45, 7) is 7.59. The Morgan fingerprint density at radius 3 is 2.23 bits per heavy atom. The quantitative estimate of drug-likeness (QED) is 0.598. The average Bonchev–Trinajstić information content (AvgIpc) is 2.39. The molecule has 3 N–H and O–H groups in total. The molecular formula is C17H26N2O3. The third-order valence-electron chi connectivity index (χ3n) is 3.02. The second-order valence-corrected chi connectivity index (χ2v) is 6.15. The van der Waals surface area contributed by atoms with Crippen molar-refractivity contribution in [1.82, 2.24) is 5.32 Å². The maximum absolute atomic E-state index is 12.1. The largest absolute Gasteiger partial charge is 0.461 e. The second-order valence-electron chi connectivity index (χ2n) is 6.15. The van der Waals surface area contributed by atoms with Crippen molar-refractivity contribution >= 4 is 17.6 Å². The predicted molar refractivity (Wildman–Crippen MR) is 87.2 cm³/mol. The van der Waals surface area contributed by atoms with Gasteiger partial charge in [0, 0.05) is 5.69 Å². The minimum Gasteiger partial charge on any atom is -0.461 e. The fraction of sp³-hybridized carbons (Fsp3) is 0.529. The van der Waals surface area contributed by atoms with Crippen LogP contribution in [0.25, 0.3) is 0 Å². The van der Waals surface area contributed by atoms with Gasteiger partial charge in [-0.1, -0.05) is 26.0 Å². The normalized spacial score (nSPS) is 12.3. The molecule has 0 saturated carbocycles. The zero-order valence-corrected chi connectivity index (χ0v) is 13.8. The lowest BCUT2D eigenvalue weighted by atomic mass is 10.0. The smallest absolute Gasteiger partial charge is 0.328 e. The Labute approximate surface area is 132 Å². The van der Waals surface area contributed by atoms with E-state index in [4.69, 9.17) is 10.5 Å². The number of nitrogen functional groups attached to an aromatic ring is 1. The third-order valence-corrected chi connectivity index (χ3v) is 3.02. The standard InChI is InChI=1S/C17H26N2O3/c1-11(2)9-15(17(21)22-12(3)4)19-16(20)10-13-5-7-14(18)8-6-13/h5-8,11-12,15H,9-10,18H2,1-4H3,(H,19,20)/t15-/m0/s1. The minimum atomic E-state index is -0.608. The second kappa shape index (κ2) is 8.41. The molecular weight excluding hydrogens is 280 g/mol. The van der Waals surface area contributed by atoms with Gasteiger partial charge in [-0.3, -0.25) is 4.79 Å². The molecule has 1 aromatic rings. The Bertz CT molecular complexity index is 495. The van der Waals surface area contributed by atoms with Crippen LogP contribution in [0.5, 0.6) is 0 Å². The summed E-state index contributed by atoms with van der Waals surface area (Å²) in [4.78, 5) is 24.2. The van der Waals surface area contributed by atoms with Crippen LogP contribution in [0.1, 0.15) is 39.7 Å². The van der Waals surface area contributed by atoms with Gasteiger partial charge >= 0.3 is 5.97 Å². The molecule has 22 heavy (non-hydrogen) atoms. The van der Waals surface area contributed by atoms with Gasteiger partial charge in [0.25, 0.3) is 0 Å². The van der Waals surface area contributed by atoms with Crippen LogP contribution in [-0.2, 0) is 20.7 Å². The van der Waals surface area contributed by atoms with Crippen LogP contribution >= 0.6 is 0 Å². The van der Waals surface area contributed by atoms with Crippen LogP contribution in [0.2, 0.25) is 0 Å². The number of hydrogen-bond acceptors (Lipinski definition) is 4. The van der Waals surface area contributed by atoms with Crippen molar-refractivity contribution in [2.24, 2.45) is 5.92 Å². The molecule has 0 aromatic heterocycles. The van der Waals surface area contributed by atoms with Crippen LogP contribution in [0.3, 0.4) is 0 Å². The van der Waals surface area contributed by atoms with E-state index in [1.54, 1.807) is 38.1 Å². The first-order valence-corrected chi connectivity index (χ1v) is 7.62. The van der Waals surface area contributed by atoms with Gasteiger partial charge in [0.2, 0.25) is 5.91 Å². The number of anilines is 1. The van der Waals surface area contributed by atoms with Gasteiger partial charge in [0.15, 0.2) is 0 Å². The lowest BCUT2D eigenvalue weighted by Gasteiger charge is -2.20. The van der Waals surface area contributed by atoms with Crippen molar-refractivity contribution in [3.8, 4) is 0 Å². The fourth-order valence-electron chi connectivity index (χ4n) is 2.07. The molecule has 122 valence electrons. The van der Waals surface area contributed by atoms with E-state index in [1.165, 1.54) is 0 Å². The van der Waals surface area contributed by atoms with Crippen LogP contribution in [0, 0.1) is 5.92 Å². The van der Waals surface area contributed by atoms with E-state index >= 15 is 0 Å². The summed E-state index contributed by atoms with van der Waals surface area (Å²) in [6.07, 6.45) is 0.569. The first kappa shape index (κ1) is 18.0. The fourth-order valence-corrected chi connectivity index (χ4v) is 2.07. The lowest BCUT2D eigenvalue weighted by Crippen LogP contribution is -2.44. The number of hydrogen-bond donors (Lipinski definition) is 2. The SMILES string of the molecule is CC(C)C[C@H](NC(=O)Cc1ccc(N)cc1)C(=O)OC(C)C. The molecule has 5 nitrogen and oxygen atoms in total. The van der Waals surface area contributed by atoms with E-state index < -0.39 is 6.04 Å². The van der Waals surface area contributed by atoms with Crippen molar-refractivity contribution < 1.29 is 14.3 Å². The Hall–Kier alpha value is -2.04. The van der Waals surface area contributed by atoms with E-state index in [0.717, 1.165) is 5.56 Å². The number of carbonyl (C=O) groups is 2. The van der Waals surface area contributed by atoms with Crippen molar-refractivity contribution in [3.05, 3.63) is 29.8 Å². The first-order chi connectivity index (χ1) is 10.3. The average molecular weight is 306 g/mol. The van der Waals surface area contributed by atoms with E-state index in [9.17, 15) is 9.59 Å². The van der Waals surface area contributed by atoms with Crippen LogP contribution in [0.15, 0.2) is 24.3 Å². The third kappa shape index (κ3) is 6.61. The molecule has 0 saturated heterocycles. The molecule has 1 amide bonds. The lowest BCUT2D eigenvalue weighted by molar-refractivity contribution is -0.151. The number of rotatable bonds is 7. The zero-order valence-electron chi connectivity index (χ0n) is 13.8. The number of nitrogens with one attached hydrogen (secondary N) is 1. The van der Waals surface area contributed by atoms with Gasteiger partial charge in [-0.15, -0.1) is 0 Å². The summed E-state index contributed by atoms with van der Waals surface area (Å²) < 4.78 is 5.21. The van der Waals surface area contributed by atoms with E-state index in [1.807, 2.05) is 13.8 Å². The Morgan fingerprint density at radius 1 is 1.14 bits per heavy atom. The molecule has 1 rings (SSSR count). The van der Waals surface area contributed by atoms with E-state index in [-0.39, 0.29) is 30.3 Å². The van der Waals surface area contributed by atoms with Gasteiger partial charge in [0.1, 0.15) is 6.04 Å². The number of carbonyl (C=O) groups excluding carboxylic acids is 2. The van der Waals surface area contributed by atoms with Crippen LogP contribution in [-0.4, -0.2) is 24.0 Å². The number of amides is 1. The molecule has 1 atom stereocenters. The van der Waals surface area contributed by atoms with Gasteiger partial charge in [-0.2, -0.15) is 0 Å². The number of benzene rings is 1. The molecule has 0 unspecified atom stereocenters. The maximum atomic E-state index is 12.1. The summed E-state index contributed by atoms with van der Waals surface area (Å²) in [7, 11) is 0. The number of esters is 1. The van der Waals surface area contributed by atoms with Gasteiger partial charge < -0.3 is 15.8 Å². The van der Waals surface area contributed by atoms with Gasteiger partial charge in [0.05, 0.1) is 12.5 Å². The van der Waals surface area contributed by atoms with Crippen molar-refractivity contribution in [3.63, 3.8) is 0 Å². The maximum Gasteiger partial charge on any atom is 0.328 e. The van der Waals surface area contributed by atoms with E-state index in [0.29, 0.717) is 12.1 Å². The zero-order chi connectivity index (χ0) is 16.7. The number of ether oxygens (including phenoxy) is 1. The summed E-state index contributed by atoms with van der Waals surface area (Å²) in [5.41, 5.74) is 7.13. The topological polar surface area (TPSA) is 81.4 Å². The summed E-state index contributed by atoms with van der Waals surface area (Å²) in [5, 5.41) is 2.77. The van der Waals surface area contributed by atoms with Crippen molar-refractivity contribution in [2.45, 2.75) is 52.7 Å². The predicted octanol–water partition coefficient (Wildman–Crippen LogP) is 2.29. The Balaban J connectivity index is 2.65. The number of nitrogens with two attached hydrogens (primary N) is 1. The summed E-state index contributed by atoms with van der Waals surface area (Å²) >= 11 is 0. The van der Waals surface area contributed by atoms with Crippen LogP contribution in [0.4, 0.5) is 5.69 Å². The first-order valence-electron chi connectivity index (χ1n) is 7.62. The van der Waals surface area contributed by atoms with Gasteiger partial charge in [-0.05, 0) is 43.9 Å². The molecule has 0 aliphatic heterocycles. The van der Waals surface area contributed by atoms with Crippen molar-refractivity contribution in [1.29, 1.82) is 0 Å². The highest BCUT2D eigenvalue weighted by molar-refractivity contribution is 5.85. The van der Waals surface area contributed by atoms with Crippen molar-refractivity contribution in [2.75, 3.05) is 5.73 Å². The monoisotopic (exact) mass is 306 g/mol. The molecule has 0 aliphatic carbocycles. The highest BCUT2D eigenvalue weighted by Crippen LogP contribution is 2.10. The van der Waals surface area contributed by atoms with Gasteiger partial charge in [-0.25, -0.2) is 4.79 Å². The molecule has 0 heterocycles. The Kier molecular flexibility index (Phi) is 6.89. The van der Waals surface area contributed by atoms with Crippen LogP contribution < -0.4 is 11.1 Å². The molecule has 5 heteroatoms. The minimum absolute atomic E-state index is 0.198. The molecule has 0 bridgehead atoms. The molecule has 1 aromatic carbocycles. The molecule has 0 fully saturated rings. The Morgan fingerprint density at radius 2 is 1.73 bits per heavy atom. The summed E-state index contributed by atoms with van der Waals surface area (Å²) in [6, 6.07) is 6.50. The highest BCUT2D eigenvalue weighted by Gasteiger charge is 2.24. The molecule has 0 spiro atoms. The highest BCUT2D eigenvalue weighted by atomic mass is 16.5. The molecule has 0 aliphatic rings. The summed E-state index contributed by atoms with van der Waals surface area (Å²) in [5.74, 6) is -0.299. The van der Waals surface area contributed by atoms with E-state index in [2.05, 4.69) is 5.32 Å². The molecule has 0 radical (unpaired) electrons.